The summed E-state index contributed by atoms with van der Waals surface area (Å²) in [6.45, 7) is 3.62. The lowest BCUT2D eigenvalue weighted by molar-refractivity contribution is 0.303. The Balaban J connectivity index is 1.52. The van der Waals surface area contributed by atoms with Crippen molar-refractivity contribution in [3.63, 3.8) is 0 Å². The van der Waals surface area contributed by atoms with Crippen LogP contribution in [0.3, 0.4) is 0 Å². The second-order valence-corrected chi connectivity index (χ2v) is 7.16. The first kappa shape index (κ1) is 18.6. The first-order valence-corrected chi connectivity index (χ1v) is 10.1. The van der Waals surface area contributed by atoms with E-state index in [1.807, 2.05) is 54.6 Å². The minimum atomic E-state index is 0.653. The monoisotopic (exact) mass is 390 g/mol. The van der Waals surface area contributed by atoms with Gasteiger partial charge in [-0.05, 0) is 54.8 Å². The van der Waals surface area contributed by atoms with E-state index in [2.05, 4.69) is 29.7 Å². The Morgan fingerprint density at radius 3 is 2.46 bits per heavy atom. The summed E-state index contributed by atoms with van der Waals surface area (Å²) in [5, 5.41) is 0.714. The van der Waals surface area contributed by atoms with Gasteiger partial charge in [-0.3, -0.25) is 0 Å². The van der Waals surface area contributed by atoms with Gasteiger partial charge in [0, 0.05) is 12.1 Å². The molecule has 0 saturated heterocycles. The molecular weight excluding hydrogens is 368 g/mol. The number of fused-ring (bicyclic) bond motifs is 1. The highest BCUT2D eigenvalue weighted by Crippen LogP contribution is 2.30. The molecule has 1 aromatic heterocycles. The molecule has 4 aromatic rings. The lowest BCUT2D eigenvalue weighted by atomic mass is 10.2. The maximum absolute atomic E-state index is 6.45. The fourth-order valence-corrected chi connectivity index (χ4v) is 3.60. The van der Waals surface area contributed by atoms with Gasteiger partial charge in [0.05, 0.1) is 22.7 Å². The second kappa shape index (κ2) is 8.49. The van der Waals surface area contributed by atoms with Crippen LogP contribution in [0.5, 0.6) is 5.75 Å². The number of imidazole rings is 1. The summed E-state index contributed by atoms with van der Waals surface area (Å²) in [6, 6.07) is 24.4. The van der Waals surface area contributed by atoms with Crippen LogP contribution in [0, 0.1) is 0 Å². The second-order valence-electron chi connectivity index (χ2n) is 6.76. The number of aromatic nitrogens is 2. The molecule has 4 rings (SSSR count). The van der Waals surface area contributed by atoms with Crippen molar-refractivity contribution in [3.8, 4) is 17.1 Å². The largest absolute Gasteiger partial charge is 0.494 e. The third kappa shape index (κ3) is 3.90. The number of aryl methyl sites for hydroxylation is 2. The molecule has 0 amide bonds. The Bertz CT molecular complexity index is 1070. The van der Waals surface area contributed by atoms with E-state index in [0.29, 0.717) is 11.6 Å². The van der Waals surface area contributed by atoms with Crippen molar-refractivity contribution in [2.75, 3.05) is 6.61 Å². The maximum Gasteiger partial charge on any atom is 0.142 e. The van der Waals surface area contributed by atoms with Crippen LogP contribution in [0.15, 0.2) is 72.8 Å². The van der Waals surface area contributed by atoms with Crippen LogP contribution >= 0.6 is 11.6 Å². The van der Waals surface area contributed by atoms with Crippen LogP contribution in [0.2, 0.25) is 5.02 Å². The summed E-state index contributed by atoms with van der Waals surface area (Å²) in [5.74, 6) is 1.82. The van der Waals surface area contributed by atoms with Crippen molar-refractivity contribution in [2.45, 2.75) is 26.3 Å². The average Bonchev–Trinajstić information content (AvgIpc) is 3.10. The lowest BCUT2D eigenvalue weighted by Crippen LogP contribution is -2.06. The van der Waals surface area contributed by atoms with Crippen LogP contribution in [-0.4, -0.2) is 16.2 Å². The van der Waals surface area contributed by atoms with Gasteiger partial charge in [-0.25, -0.2) is 4.98 Å². The molecule has 0 radical (unpaired) electrons. The molecule has 0 spiro atoms. The minimum Gasteiger partial charge on any atom is -0.494 e. The molecule has 0 saturated carbocycles. The van der Waals surface area contributed by atoms with Crippen LogP contribution in [0.1, 0.15) is 18.9 Å². The van der Waals surface area contributed by atoms with Gasteiger partial charge in [0.15, 0.2) is 0 Å². The number of para-hydroxylation sites is 2. The highest BCUT2D eigenvalue weighted by atomic mass is 35.5. The van der Waals surface area contributed by atoms with E-state index in [9.17, 15) is 0 Å². The summed E-state index contributed by atoms with van der Waals surface area (Å²) >= 11 is 6.45. The number of nitrogens with zero attached hydrogens (tertiary/aromatic N) is 2. The molecule has 0 N–H and O–H groups in total. The molecule has 0 aliphatic carbocycles. The number of hydrogen-bond acceptors (Lipinski definition) is 2. The highest BCUT2D eigenvalue weighted by Gasteiger charge is 2.14. The van der Waals surface area contributed by atoms with Crippen molar-refractivity contribution in [1.82, 2.24) is 9.55 Å². The smallest absolute Gasteiger partial charge is 0.142 e. The molecule has 0 aliphatic rings. The van der Waals surface area contributed by atoms with Crippen LogP contribution < -0.4 is 4.74 Å². The maximum atomic E-state index is 6.45. The normalized spacial score (nSPS) is 11.1. The van der Waals surface area contributed by atoms with E-state index >= 15 is 0 Å². The van der Waals surface area contributed by atoms with Gasteiger partial charge in [0.1, 0.15) is 11.6 Å². The molecular formula is C24H23ClN2O. The predicted octanol–water partition coefficient (Wildman–Crippen LogP) is 6.39. The van der Waals surface area contributed by atoms with Gasteiger partial charge in [0.2, 0.25) is 0 Å². The van der Waals surface area contributed by atoms with E-state index in [-0.39, 0.29) is 0 Å². The number of halogens is 1. The highest BCUT2D eigenvalue weighted by molar-refractivity contribution is 6.33. The molecule has 0 aliphatic heterocycles. The molecule has 0 fully saturated rings. The Hall–Kier alpha value is -2.78. The van der Waals surface area contributed by atoms with Crippen LogP contribution in [0.25, 0.3) is 22.4 Å². The quantitative estimate of drug-likeness (QED) is 0.342. The summed E-state index contributed by atoms with van der Waals surface area (Å²) in [6.07, 6.45) is 1.92. The Labute approximate surface area is 170 Å². The fraction of sp³-hybridized carbons (Fsp3) is 0.208. The van der Waals surface area contributed by atoms with Gasteiger partial charge >= 0.3 is 0 Å². The molecule has 1 heterocycles. The summed E-state index contributed by atoms with van der Waals surface area (Å²) < 4.78 is 8.16. The van der Waals surface area contributed by atoms with Crippen molar-refractivity contribution in [1.29, 1.82) is 0 Å². The Morgan fingerprint density at radius 2 is 1.68 bits per heavy atom. The van der Waals surface area contributed by atoms with Crippen LogP contribution in [-0.2, 0) is 13.0 Å². The van der Waals surface area contributed by atoms with Crippen molar-refractivity contribution in [2.24, 2.45) is 0 Å². The molecule has 142 valence electrons. The Morgan fingerprint density at radius 1 is 0.929 bits per heavy atom. The van der Waals surface area contributed by atoms with Gasteiger partial charge in [-0.2, -0.15) is 0 Å². The molecule has 4 heteroatoms. The zero-order chi connectivity index (χ0) is 19.3. The van der Waals surface area contributed by atoms with E-state index in [0.717, 1.165) is 47.6 Å². The molecule has 3 aromatic carbocycles. The van der Waals surface area contributed by atoms with Gasteiger partial charge in [-0.15, -0.1) is 0 Å². The molecule has 0 bridgehead atoms. The number of rotatable bonds is 7. The minimum absolute atomic E-state index is 0.653. The zero-order valence-corrected chi connectivity index (χ0v) is 16.7. The lowest BCUT2D eigenvalue weighted by Gasteiger charge is -2.11. The van der Waals surface area contributed by atoms with Crippen LogP contribution in [0.4, 0.5) is 0 Å². The third-order valence-corrected chi connectivity index (χ3v) is 5.23. The first-order valence-electron chi connectivity index (χ1n) is 9.68. The van der Waals surface area contributed by atoms with Gasteiger partial charge in [-0.1, -0.05) is 54.9 Å². The third-order valence-electron chi connectivity index (χ3n) is 4.90. The van der Waals surface area contributed by atoms with E-state index < -0.39 is 0 Å². The van der Waals surface area contributed by atoms with E-state index in [1.165, 1.54) is 5.56 Å². The summed E-state index contributed by atoms with van der Waals surface area (Å²) in [7, 11) is 0. The summed E-state index contributed by atoms with van der Waals surface area (Å²) in [4.78, 5) is 4.84. The van der Waals surface area contributed by atoms with Crippen molar-refractivity contribution < 1.29 is 4.74 Å². The van der Waals surface area contributed by atoms with Crippen molar-refractivity contribution >= 4 is 22.6 Å². The SMILES string of the molecule is CCc1ccc(OCCCn2c(-c3ccccc3Cl)nc3ccccc32)cc1. The number of hydrogen-bond donors (Lipinski definition) is 0. The van der Waals surface area contributed by atoms with Crippen molar-refractivity contribution in [3.05, 3.63) is 83.4 Å². The first-order chi connectivity index (χ1) is 13.8. The summed E-state index contributed by atoms with van der Waals surface area (Å²) in [5.41, 5.74) is 4.37. The van der Waals surface area contributed by atoms with Gasteiger partial charge in [0.25, 0.3) is 0 Å². The Kier molecular flexibility index (Phi) is 5.63. The molecule has 3 nitrogen and oxygen atoms in total. The zero-order valence-electron chi connectivity index (χ0n) is 15.9. The molecule has 0 atom stereocenters. The fourth-order valence-electron chi connectivity index (χ4n) is 3.38. The molecule has 28 heavy (non-hydrogen) atoms. The predicted molar refractivity (Wildman–Crippen MR) is 116 cm³/mol. The number of benzene rings is 3. The molecule has 0 unspecified atom stereocenters. The van der Waals surface area contributed by atoms with Gasteiger partial charge < -0.3 is 9.30 Å². The number of ether oxygens (including phenoxy) is 1. The average molecular weight is 391 g/mol. The van der Waals surface area contributed by atoms with E-state index in [1.54, 1.807) is 0 Å². The topological polar surface area (TPSA) is 27.1 Å². The standard InChI is InChI=1S/C24H23ClN2O/c1-2-18-12-14-19(15-13-18)28-17-7-16-27-23-11-6-5-10-22(23)26-24(27)20-8-3-4-9-21(20)25/h3-6,8-15H,2,7,16-17H2,1H3. The van der Waals surface area contributed by atoms with E-state index in [4.69, 9.17) is 21.3 Å².